The van der Waals surface area contributed by atoms with Crippen LogP contribution in [0.25, 0.3) is 0 Å². The molecule has 8 heteroatoms. The van der Waals surface area contributed by atoms with Crippen molar-refractivity contribution in [2.45, 2.75) is 31.2 Å². The molecule has 0 saturated heterocycles. The van der Waals surface area contributed by atoms with Crippen LogP contribution in [0.1, 0.15) is 24.4 Å². The summed E-state index contributed by atoms with van der Waals surface area (Å²) in [5.74, 6) is 7.96. The maximum atomic E-state index is 10.6. The maximum Gasteiger partial charge on any atom is 0.274 e. The van der Waals surface area contributed by atoms with Crippen LogP contribution >= 0.6 is 11.8 Å². The van der Waals surface area contributed by atoms with Crippen LogP contribution in [-0.2, 0) is 12.3 Å². The van der Waals surface area contributed by atoms with Crippen molar-refractivity contribution in [3.63, 3.8) is 0 Å². The molecule has 1 aromatic rings. The van der Waals surface area contributed by atoms with Crippen LogP contribution in [0.2, 0.25) is 0 Å². The first-order valence-electron chi connectivity index (χ1n) is 9.98. The molecule has 0 aromatic carbocycles. The Kier molecular flexibility index (Phi) is 5.96. The van der Waals surface area contributed by atoms with Gasteiger partial charge in [-0.25, -0.2) is 0 Å². The summed E-state index contributed by atoms with van der Waals surface area (Å²) < 4.78 is 5.95. The molecule has 0 spiro atoms. The quantitative estimate of drug-likeness (QED) is 0.201. The summed E-state index contributed by atoms with van der Waals surface area (Å²) in [4.78, 5) is 10.2. The van der Waals surface area contributed by atoms with Gasteiger partial charge in [0.25, 0.3) is 6.20 Å². The van der Waals surface area contributed by atoms with Gasteiger partial charge in [0.2, 0.25) is 0 Å². The fourth-order valence-electron chi connectivity index (χ4n) is 5.06. The highest BCUT2D eigenvalue weighted by Gasteiger charge is 2.68. The van der Waals surface area contributed by atoms with Crippen molar-refractivity contribution >= 4 is 11.8 Å². The number of nitro groups is 1. The summed E-state index contributed by atoms with van der Waals surface area (Å²) in [6, 6.07) is 4.84. The second-order valence-electron chi connectivity index (χ2n) is 7.89. The van der Waals surface area contributed by atoms with E-state index >= 15 is 0 Å². The maximum absolute atomic E-state index is 10.6. The second-order valence-corrected chi connectivity index (χ2v) is 8.99. The third kappa shape index (κ3) is 4.38. The van der Waals surface area contributed by atoms with Crippen molar-refractivity contribution in [2.24, 2.45) is 23.7 Å². The van der Waals surface area contributed by atoms with Crippen LogP contribution < -0.4 is 16.0 Å². The van der Waals surface area contributed by atoms with E-state index in [9.17, 15) is 10.1 Å². The van der Waals surface area contributed by atoms with Crippen LogP contribution in [0.5, 0.6) is 0 Å². The fraction of sp³-hybridized carbons (Fsp3) is 0.600. The molecule has 28 heavy (non-hydrogen) atoms. The molecule has 3 atom stereocenters. The molecule has 4 bridgehead atoms. The topological polar surface area (TPSA) is 92.4 Å². The average molecular weight is 405 g/mol. The Bertz CT molecular complexity index is 736. The zero-order chi connectivity index (χ0) is 19.5. The molecule has 5 rings (SSSR count). The van der Waals surface area contributed by atoms with Crippen LogP contribution in [0.4, 0.5) is 0 Å². The Balaban J connectivity index is 1.12. The molecule has 3 N–H and O–H groups in total. The summed E-state index contributed by atoms with van der Waals surface area (Å²) in [5, 5.41) is 20.3. The Morgan fingerprint density at radius 2 is 2.11 bits per heavy atom. The lowest BCUT2D eigenvalue weighted by Crippen LogP contribution is -2.31. The molecule has 4 fully saturated rings. The lowest BCUT2D eigenvalue weighted by Gasteiger charge is -2.15. The van der Waals surface area contributed by atoms with Crippen LogP contribution in [0.3, 0.4) is 0 Å². The molecular weight excluding hydrogens is 376 g/mol. The van der Waals surface area contributed by atoms with E-state index in [0.717, 1.165) is 65.5 Å². The van der Waals surface area contributed by atoms with Gasteiger partial charge in [-0.05, 0) is 48.6 Å². The Morgan fingerprint density at radius 3 is 2.79 bits per heavy atom. The zero-order valence-corrected chi connectivity index (χ0v) is 16.7. The van der Waals surface area contributed by atoms with Crippen molar-refractivity contribution in [3.05, 3.63) is 58.4 Å². The first-order chi connectivity index (χ1) is 13.7. The van der Waals surface area contributed by atoms with Crippen molar-refractivity contribution in [3.8, 4) is 0 Å². The van der Waals surface area contributed by atoms with Crippen molar-refractivity contribution in [2.75, 3.05) is 18.8 Å². The van der Waals surface area contributed by atoms with Gasteiger partial charge in [0.15, 0.2) is 5.82 Å². The summed E-state index contributed by atoms with van der Waals surface area (Å²) in [5.41, 5.74) is 0. The largest absolute Gasteiger partial charge is 0.464 e. The van der Waals surface area contributed by atoms with E-state index in [1.54, 1.807) is 17.8 Å². The molecule has 1 heterocycles. The molecule has 152 valence electrons. The summed E-state index contributed by atoms with van der Waals surface area (Å²) in [6.45, 7) is 5.54. The Hall–Kier alpha value is -1.93. The van der Waals surface area contributed by atoms with Crippen molar-refractivity contribution in [1.82, 2.24) is 16.0 Å². The minimum atomic E-state index is -0.470. The SMILES string of the molecule is C=CCN/C(=C\[N+](=O)[O-])NCCSCc1ccc(CNC2C3CC4C(C3)C42)o1. The molecule has 0 aliphatic heterocycles. The van der Waals surface area contributed by atoms with E-state index in [-0.39, 0.29) is 0 Å². The fourth-order valence-corrected chi connectivity index (χ4v) is 5.81. The minimum Gasteiger partial charge on any atom is -0.464 e. The third-order valence-corrected chi connectivity index (χ3v) is 7.16. The first kappa shape index (κ1) is 19.4. The Labute approximate surface area is 169 Å². The normalized spacial score (nSPS) is 29.7. The second kappa shape index (κ2) is 8.61. The molecular formula is C20H28N4O3S. The average Bonchev–Trinajstić information content (AvgIpc) is 3.17. The number of furan rings is 1. The third-order valence-electron chi connectivity index (χ3n) is 6.18. The summed E-state index contributed by atoms with van der Waals surface area (Å²) in [7, 11) is 0. The van der Waals surface area contributed by atoms with Crippen molar-refractivity contribution < 1.29 is 9.34 Å². The molecule has 4 saturated carbocycles. The van der Waals surface area contributed by atoms with E-state index in [4.69, 9.17) is 4.42 Å². The van der Waals surface area contributed by atoms with Gasteiger partial charge >= 0.3 is 0 Å². The van der Waals surface area contributed by atoms with Crippen molar-refractivity contribution in [1.29, 1.82) is 0 Å². The van der Waals surface area contributed by atoms with Gasteiger partial charge in [0.05, 0.1) is 17.2 Å². The van der Waals surface area contributed by atoms with Crippen LogP contribution in [0.15, 0.2) is 41.2 Å². The number of hydrogen-bond donors (Lipinski definition) is 3. The number of nitrogens with one attached hydrogen (secondary N) is 3. The van der Waals surface area contributed by atoms with Gasteiger partial charge in [-0.3, -0.25) is 10.1 Å². The minimum absolute atomic E-state index is 0.402. The number of rotatable bonds is 13. The molecule has 0 radical (unpaired) electrons. The first-order valence-corrected chi connectivity index (χ1v) is 11.1. The highest BCUT2D eigenvalue weighted by Crippen LogP contribution is 2.70. The van der Waals surface area contributed by atoms with Crippen LogP contribution in [0, 0.1) is 33.8 Å². The standard InChI is InChI=1S/C20H28N4O3S/c1-2-5-21-18(11-24(25)26)22-6-7-28-12-15-4-3-14(27-15)10-23-20-13-8-16-17(9-13)19(16)20/h2-4,11,13,16-17,19-23H,1,5-10,12H2/b18-11+. The molecule has 3 unspecified atom stereocenters. The lowest BCUT2D eigenvalue weighted by molar-refractivity contribution is -0.404. The highest BCUT2D eigenvalue weighted by atomic mass is 32.2. The monoisotopic (exact) mass is 404 g/mol. The number of nitrogens with zero attached hydrogens (tertiary/aromatic N) is 1. The lowest BCUT2D eigenvalue weighted by atomic mass is 10.1. The van der Waals surface area contributed by atoms with Gasteiger partial charge in [-0.1, -0.05) is 6.08 Å². The Morgan fingerprint density at radius 1 is 1.32 bits per heavy atom. The number of hydrogen-bond acceptors (Lipinski definition) is 7. The zero-order valence-electron chi connectivity index (χ0n) is 15.9. The molecule has 0 amide bonds. The molecule has 7 nitrogen and oxygen atoms in total. The van der Waals surface area contributed by atoms with E-state index < -0.39 is 4.92 Å². The van der Waals surface area contributed by atoms with E-state index in [0.29, 0.717) is 18.9 Å². The van der Waals surface area contributed by atoms with Crippen LogP contribution in [-0.4, -0.2) is 29.8 Å². The number of thioether (sulfide) groups is 1. The smallest absolute Gasteiger partial charge is 0.274 e. The predicted octanol–water partition coefficient (Wildman–Crippen LogP) is 2.70. The molecule has 4 aliphatic rings. The summed E-state index contributed by atoms with van der Waals surface area (Å²) >= 11 is 1.74. The van der Waals surface area contributed by atoms with E-state index in [1.807, 2.05) is 0 Å². The van der Waals surface area contributed by atoms with Gasteiger partial charge in [-0.15, -0.1) is 6.58 Å². The predicted molar refractivity (Wildman–Crippen MR) is 110 cm³/mol. The summed E-state index contributed by atoms with van der Waals surface area (Å²) in [6.07, 6.45) is 5.50. The van der Waals surface area contributed by atoms with Gasteiger partial charge in [0.1, 0.15) is 11.5 Å². The molecule has 4 aliphatic carbocycles. The van der Waals surface area contributed by atoms with Gasteiger partial charge < -0.3 is 20.4 Å². The highest BCUT2D eigenvalue weighted by molar-refractivity contribution is 7.98. The molecule has 1 aromatic heterocycles. The van der Waals surface area contributed by atoms with E-state index in [1.165, 1.54) is 12.8 Å². The van der Waals surface area contributed by atoms with Gasteiger partial charge in [-0.2, -0.15) is 11.8 Å². The van der Waals surface area contributed by atoms with E-state index in [2.05, 4.69) is 34.7 Å². The van der Waals surface area contributed by atoms with Gasteiger partial charge in [0, 0.05) is 24.9 Å².